The van der Waals surface area contributed by atoms with Crippen LogP contribution in [0, 0.1) is 5.41 Å². The van der Waals surface area contributed by atoms with Gasteiger partial charge >= 0.3 is 0 Å². The summed E-state index contributed by atoms with van der Waals surface area (Å²) in [5.74, 6) is -0.277. The van der Waals surface area contributed by atoms with Gasteiger partial charge in [-0.05, 0) is 17.9 Å². The number of hydrogen-bond donors (Lipinski definition) is 2. The van der Waals surface area contributed by atoms with Crippen molar-refractivity contribution in [3.8, 4) is 0 Å². The van der Waals surface area contributed by atoms with E-state index in [1.54, 1.807) is 6.07 Å². The van der Waals surface area contributed by atoms with Crippen molar-refractivity contribution in [3.63, 3.8) is 0 Å². The second-order valence-electron chi connectivity index (χ2n) is 5.51. The minimum absolute atomic E-state index is 0.115. The molecule has 2 N–H and O–H groups in total. The Morgan fingerprint density at radius 2 is 2.17 bits per heavy atom. The number of carbonyl (C=O) groups excluding carboxylic acids is 1. The predicted molar refractivity (Wildman–Crippen MR) is 73.1 cm³/mol. The summed E-state index contributed by atoms with van der Waals surface area (Å²) in [5.41, 5.74) is 0.180. The Morgan fingerprint density at radius 1 is 1.50 bits per heavy atom. The lowest BCUT2D eigenvalue weighted by molar-refractivity contribution is 0.0951. The summed E-state index contributed by atoms with van der Waals surface area (Å²) in [4.78, 5) is 25.3. The fraction of sp³-hybridized carbons (Fsp3) is 0.538. The first-order valence-electron chi connectivity index (χ1n) is 5.89. The Bertz CT molecular complexity index is 463. The molecule has 0 aromatic carbocycles. The first kappa shape index (κ1) is 14.8. The van der Waals surface area contributed by atoms with E-state index in [2.05, 4.69) is 31.1 Å². The molecule has 0 bridgehead atoms. The number of H-pyrrole nitrogens is 1. The molecule has 0 saturated heterocycles. The molecule has 0 aliphatic heterocycles. The number of amides is 1. The number of pyridine rings is 1. The molecule has 1 unspecified atom stereocenters. The Balaban J connectivity index is 2.49. The van der Waals surface area contributed by atoms with E-state index in [0.717, 1.165) is 6.42 Å². The number of rotatable bonds is 4. The third-order valence-electron chi connectivity index (χ3n) is 2.36. The summed E-state index contributed by atoms with van der Waals surface area (Å²) >= 11 is 6.15. The van der Waals surface area contributed by atoms with Crippen molar-refractivity contribution in [3.05, 3.63) is 34.2 Å². The molecule has 4 nitrogen and oxygen atoms in total. The van der Waals surface area contributed by atoms with Crippen LogP contribution in [0.1, 0.15) is 37.6 Å². The molecule has 1 amide bonds. The van der Waals surface area contributed by atoms with Crippen LogP contribution in [0.25, 0.3) is 0 Å². The van der Waals surface area contributed by atoms with Crippen molar-refractivity contribution in [2.75, 3.05) is 6.54 Å². The third-order valence-corrected chi connectivity index (χ3v) is 2.66. The number of hydrogen-bond acceptors (Lipinski definition) is 2. The van der Waals surface area contributed by atoms with E-state index in [1.807, 2.05) is 0 Å². The Kier molecular flexibility index (Phi) is 4.96. The molecule has 0 spiro atoms. The predicted octanol–water partition coefficient (Wildman–Crippen LogP) is 2.15. The van der Waals surface area contributed by atoms with Crippen LogP contribution in [0.4, 0.5) is 0 Å². The molecule has 0 aliphatic rings. The van der Waals surface area contributed by atoms with E-state index >= 15 is 0 Å². The minimum atomic E-state index is -0.292. The molecule has 5 heteroatoms. The fourth-order valence-corrected chi connectivity index (χ4v) is 2.17. The maximum absolute atomic E-state index is 11.7. The van der Waals surface area contributed by atoms with Gasteiger partial charge in [-0.1, -0.05) is 20.8 Å². The second-order valence-corrected chi connectivity index (χ2v) is 6.13. The smallest absolute Gasteiger partial charge is 0.251 e. The van der Waals surface area contributed by atoms with Gasteiger partial charge in [0.05, 0.1) is 5.38 Å². The number of aromatic nitrogens is 1. The van der Waals surface area contributed by atoms with Crippen molar-refractivity contribution in [1.82, 2.24) is 10.3 Å². The maximum atomic E-state index is 11.7. The molecule has 0 fully saturated rings. The molecule has 18 heavy (non-hydrogen) atoms. The largest absolute Gasteiger partial charge is 0.351 e. The van der Waals surface area contributed by atoms with Crippen LogP contribution in [0.5, 0.6) is 0 Å². The Labute approximate surface area is 112 Å². The standard InChI is InChI=1S/C13H19ClN2O2/c1-13(2,3)7-10(14)8-16-12(18)9-4-5-15-11(17)6-9/h4-6,10H,7-8H2,1-3H3,(H,15,17)(H,16,18). The lowest BCUT2D eigenvalue weighted by Gasteiger charge is -2.21. The van der Waals surface area contributed by atoms with Gasteiger partial charge in [-0.3, -0.25) is 9.59 Å². The number of nitrogens with one attached hydrogen (secondary N) is 2. The molecule has 1 heterocycles. The van der Waals surface area contributed by atoms with Crippen molar-refractivity contribution >= 4 is 17.5 Å². The van der Waals surface area contributed by atoms with Crippen molar-refractivity contribution in [2.24, 2.45) is 5.41 Å². The average Bonchev–Trinajstić information content (AvgIpc) is 2.23. The molecule has 1 atom stereocenters. The molecule has 0 saturated carbocycles. The summed E-state index contributed by atoms with van der Waals surface area (Å²) in [6.07, 6.45) is 2.26. The zero-order chi connectivity index (χ0) is 13.8. The quantitative estimate of drug-likeness (QED) is 0.824. The number of carbonyl (C=O) groups is 1. The SMILES string of the molecule is CC(C)(C)CC(Cl)CNC(=O)c1cc[nH]c(=O)c1. The number of alkyl halides is 1. The van der Waals surface area contributed by atoms with Gasteiger partial charge in [0.1, 0.15) is 0 Å². The van der Waals surface area contributed by atoms with Gasteiger partial charge < -0.3 is 10.3 Å². The summed E-state index contributed by atoms with van der Waals surface area (Å²) in [6.45, 7) is 6.69. The fourth-order valence-electron chi connectivity index (χ4n) is 1.63. The summed E-state index contributed by atoms with van der Waals surface area (Å²) in [7, 11) is 0. The third kappa shape index (κ3) is 5.36. The first-order chi connectivity index (χ1) is 8.28. The highest BCUT2D eigenvalue weighted by molar-refractivity contribution is 6.21. The highest BCUT2D eigenvalue weighted by Crippen LogP contribution is 2.23. The lowest BCUT2D eigenvalue weighted by Crippen LogP contribution is -2.32. The van der Waals surface area contributed by atoms with Gasteiger partial charge in [-0.2, -0.15) is 0 Å². The maximum Gasteiger partial charge on any atom is 0.251 e. The van der Waals surface area contributed by atoms with Crippen LogP contribution in [-0.2, 0) is 0 Å². The van der Waals surface area contributed by atoms with E-state index in [4.69, 9.17) is 11.6 Å². The van der Waals surface area contributed by atoms with Gasteiger partial charge in [0.25, 0.3) is 5.91 Å². The van der Waals surface area contributed by atoms with E-state index in [9.17, 15) is 9.59 Å². The van der Waals surface area contributed by atoms with Gasteiger partial charge in [0.15, 0.2) is 0 Å². The molecule has 1 aromatic rings. The van der Waals surface area contributed by atoms with Crippen molar-refractivity contribution < 1.29 is 4.79 Å². The first-order valence-corrected chi connectivity index (χ1v) is 6.32. The lowest BCUT2D eigenvalue weighted by atomic mass is 9.90. The monoisotopic (exact) mass is 270 g/mol. The molecule has 0 radical (unpaired) electrons. The van der Waals surface area contributed by atoms with E-state index in [1.165, 1.54) is 12.3 Å². The zero-order valence-corrected chi connectivity index (χ0v) is 11.7. The molecule has 100 valence electrons. The Hall–Kier alpha value is -1.29. The van der Waals surface area contributed by atoms with Crippen molar-refractivity contribution in [2.45, 2.75) is 32.6 Å². The van der Waals surface area contributed by atoms with E-state index < -0.39 is 0 Å². The van der Waals surface area contributed by atoms with Crippen LogP contribution in [-0.4, -0.2) is 22.8 Å². The minimum Gasteiger partial charge on any atom is -0.351 e. The molecule has 0 aliphatic carbocycles. The Morgan fingerprint density at radius 3 is 2.72 bits per heavy atom. The van der Waals surface area contributed by atoms with E-state index in [-0.39, 0.29) is 22.3 Å². The highest BCUT2D eigenvalue weighted by Gasteiger charge is 2.17. The van der Waals surface area contributed by atoms with Crippen LogP contribution < -0.4 is 10.9 Å². The number of halogens is 1. The molecule has 1 rings (SSSR count). The highest BCUT2D eigenvalue weighted by atomic mass is 35.5. The van der Waals surface area contributed by atoms with E-state index in [0.29, 0.717) is 12.1 Å². The van der Waals surface area contributed by atoms with Crippen LogP contribution in [0.15, 0.2) is 23.1 Å². The average molecular weight is 271 g/mol. The second kappa shape index (κ2) is 6.05. The normalized spacial score (nSPS) is 13.1. The van der Waals surface area contributed by atoms with Crippen LogP contribution >= 0.6 is 11.6 Å². The zero-order valence-electron chi connectivity index (χ0n) is 10.9. The van der Waals surface area contributed by atoms with Crippen LogP contribution in [0.3, 0.4) is 0 Å². The van der Waals surface area contributed by atoms with Gasteiger partial charge in [0, 0.05) is 24.4 Å². The van der Waals surface area contributed by atoms with Gasteiger partial charge in [0.2, 0.25) is 5.56 Å². The van der Waals surface area contributed by atoms with Gasteiger partial charge in [-0.15, -0.1) is 11.6 Å². The summed E-state index contributed by atoms with van der Waals surface area (Å²) < 4.78 is 0. The topological polar surface area (TPSA) is 62.0 Å². The molecule has 1 aromatic heterocycles. The van der Waals surface area contributed by atoms with Gasteiger partial charge in [-0.25, -0.2) is 0 Å². The summed E-state index contributed by atoms with van der Waals surface area (Å²) in [5, 5.41) is 2.61. The molecular formula is C13H19ClN2O2. The van der Waals surface area contributed by atoms with Crippen molar-refractivity contribution in [1.29, 1.82) is 0 Å². The summed E-state index contributed by atoms with van der Waals surface area (Å²) in [6, 6.07) is 2.83. The molecular weight excluding hydrogens is 252 g/mol. The number of aromatic amines is 1. The van der Waals surface area contributed by atoms with Crippen LogP contribution in [0.2, 0.25) is 0 Å².